The largest absolute Gasteiger partial charge is 0.477 e. The zero-order valence-corrected chi connectivity index (χ0v) is 15.7. The van der Waals surface area contributed by atoms with Crippen molar-refractivity contribution in [3.8, 4) is 5.69 Å². The van der Waals surface area contributed by atoms with Crippen LogP contribution in [0.3, 0.4) is 0 Å². The number of halogens is 2. The summed E-state index contributed by atoms with van der Waals surface area (Å²) in [5, 5.41) is 9.13. The lowest BCUT2D eigenvalue weighted by Gasteiger charge is -2.25. The molecule has 1 saturated heterocycles. The van der Waals surface area contributed by atoms with Gasteiger partial charge in [-0.2, -0.15) is 0 Å². The van der Waals surface area contributed by atoms with Crippen LogP contribution in [-0.4, -0.2) is 28.7 Å². The fourth-order valence-corrected chi connectivity index (χ4v) is 3.93. The Balaban J connectivity index is 2.07. The number of rotatable bonds is 3. The predicted molar refractivity (Wildman–Crippen MR) is 107 cm³/mol. The molecule has 1 fully saturated rings. The number of pyridine rings is 1. The summed E-state index contributed by atoms with van der Waals surface area (Å²) >= 11 is 0. The van der Waals surface area contributed by atoms with Gasteiger partial charge in [0.1, 0.15) is 17.1 Å². The maximum absolute atomic E-state index is 15.7. The summed E-state index contributed by atoms with van der Waals surface area (Å²) < 4.78 is 32.0. The number of hydrogen-bond acceptors (Lipinski definition) is 3. The average molecular weight is 398 g/mol. The first-order valence-electron chi connectivity index (χ1n) is 9.60. The standard InChI is InChI=1S/C22H20F2N2O3/c23-17-12-15-19(18(24)20(17)25-10-6-1-2-7-11-25)26(14-8-4-3-5-9-14)13-16(21(15)27)22(28)29/h3-5,8-9,12-13H,1-2,6-7,10-11H2,(H,28,29). The van der Waals surface area contributed by atoms with Crippen molar-refractivity contribution in [3.05, 3.63) is 70.0 Å². The quantitative estimate of drug-likeness (QED) is 0.713. The Bertz CT molecular complexity index is 1130. The fourth-order valence-electron chi connectivity index (χ4n) is 3.93. The highest BCUT2D eigenvalue weighted by molar-refractivity contribution is 5.94. The number of para-hydroxylation sites is 1. The summed E-state index contributed by atoms with van der Waals surface area (Å²) in [5.41, 5.74) is -1.24. The van der Waals surface area contributed by atoms with Gasteiger partial charge in [0.15, 0.2) is 5.82 Å². The lowest BCUT2D eigenvalue weighted by atomic mass is 10.1. The summed E-state index contributed by atoms with van der Waals surface area (Å²) in [6, 6.07) is 9.51. The Morgan fingerprint density at radius 1 is 1.00 bits per heavy atom. The summed E-state index contributed by atoms with van der Waals surface area (Å²) in [6.45, 7) is 1.06. The SMILES string of the molecule is O=C(O)c1cn(-c2ccccc2)c2c(F)c(N3CCCCCC3)c(F)cc2c1=O. The van der Waals surface area contributed by atoms with E-state index < -0.39 is 28.6 Å². The zero-order valence-electron chi connectivity index (χ0n) is 15.7. The minimum Gasteiger partial charge on any atom is -0.477 e. The highest BCUT2D eigenvalue weighted by Crippen LogP contribution is 2.32. The van der Waals surface area contributed by atoms with Gasteiger partial charge in [0.05, 0.1) is 10.9 Å². The highest BCUT2D eigenvalue weighted by Gasteiger charge is 2.25. The number of aromatic carboxylic acids is 1. The van der Waals surface area contributed by atoms with Gasteiger partial charge >= 0.3 is 5.97 Å². The molecule has 0 radical (unpaired) electrons. The van der Waals surface area contributed by atoms with E-state index in [-0.39, 0.29) is 16.6 Å². The molecule has 1 aliphatic heterocycles. The number of anilines is 1. The number of carbonyl (C=O) groups is 1. The molecule has 4 rings (SSSR count). The Labute approximate surface area is 165 Å². The number of carboxylic acid groups (broad SMARTS) is 1. The van der Waals surface area contributed by atoms with Crippen LogP contribution in [0.5, 0.6) is 0 Å². The summed E-state index contributed by atoms with van der Waals surface area (Å²) in [6.07, 6.45) is 4.78. The van der Waals surface area contributed by atoms with E-state index in [0.717, 1.165) is 37.9 Å². The maximum Gasteiger partial charge on any atom is 0.341 e. The molecule has 7 heteroatoms. The van der Waals surface area contributed by atoms with E-state index >= 15 is 4.39 Å². The molecule has 0 atom stereocenters. The highest BCUT2D eigenvalue weighted by atomic mass is 19.1. The molecular formula is C22H20F2N2O3. The molecule has 0 bridgehead atoms. The number of benzene rings is 2. The van der Waals surface area contributed by atoms with Gasteiger partial charge in [-0.25, -0.2) is 13.6 Å². The molecule has 0 saturated carbocycles. The Morgan fingerprint density at radius 3 is 2.28 bits per heavy atom. The number of carboxylic acids is 1. The van der Waals surface area contributed by atoms with Crippen LogP contribution in [0.1, 0.15) is 36.0 Å². The van der Waals surface area contributed by atoms with Crippen molar-refractivity contribution < 1.29 is 18.7 Å². The van der Waals surface area contributed by atoms with E-state index in [1.54, 1.807) is 35.2 Å². The number of fused-ring (bicyclic) bond motifs is 1. The first-order valence-corrected chi connectivity index (χ1v) is 9.60. The second kappa shape index (κ2) is 7.66. The molecule has 1 N–H and O–H groups in total. The van der Waals surface area contributed by atoms with E-state index in [2.05, 4.69) is 0 Å². The van der Waals surface area contributed by atoms with Gasteiger partial charge < -0.3 is 14.6 Å². The minimum absolute atomic E-state index is 0.119. The maximum atomic E-state index is 15.7. The van der Waals surface area contributed by atoms with Crippen LogP contribution in [0, 0.1) is 11.6 Å². The van der Waals surface area contributed by atoms with Gasteiger partial charge in [-0.05, 0) is 31.0 Å². The van der Waals surface area contributed by atoms with Crippen molar-refractivity contribution >= 4 is 22.6 Å². The van der Waals surface area contributed by atoms with Crippen LogP contribution < -0.4 is 10.3 Å². The van der Waals surface area contributed by atoms with Crippen LogP contribution in [0.25, 0.3) is 16.6 Å². The van der Waals surface area contributed by atoms with Crippen LogP contribution in [0.4, 0.5) is 14.5 Å². The molecule has 0 spiro atoms. The third kappa shape index (κ3) is 3.37. The van der Waals surface area contributed by atoms with Crippen LogP contribution in [0.2, 0.25) is 0 Å². The summed E-state index contributed by atoms with van der Waals surface area (Å²) in [4.78, 5) is 25.9. The zero-order chi connectivity index (χ0) is 20.5. The Morgan fingerprint density at radius 2 is 1.66 bits per heavy atom. The number of nitrogens with zero attached hydrogens (tertiary/aromatic N) is 2. The van der Waals surface area contributed by atoms with E-state index in [0.29, 0.717) is 18.8 Å². The van der Waals surface area contributed by atoms with Crippen molar-refractivity contribution in [3.63, 3.8) is 0 Å². The van der Waals surface area contributed by atoms with Crippen molar-refractivity contribution in [1.29, 1.82) is 0 Å². The van der Waals surface area contributed by atoms with E-state index in [9.17, 15) is 19.1 Å². The lowest BCUT2D eigenvalue weighted by Crippen LogP contribution is -2.27. The van der Waals surface area contributed by atoms with Gasteiger partial charge in [-0.1, -0.05) is 31.0 Å². The average Bonchev–Trinajstić information content (AvgIpc) is 2.98. The first-order chi connectivity index (χ1) is 14.0. The minimum atomic E-state index is -1.45. The molecule has 0 aliphatic carbocycles. The van der Waals surface area contributed by atoms with Crippen molar-refractivity contribution in [2.24, 2.45) is 0 Å². The summed E-state index contributed by atoms with van der Waals surface area (Å²) in [7, 11) is 0. The second-order valence-corrected chi connectivity index (χ2v) is 7.20. The molecule has 2 heterocycles. The molecule has 3 aromatic rings. The number of aromatic nitrogens is 1. The molecule has 1 aromatic heterocycles. The van der Waals surface area contributed by atoms with E-state index in [1.807, 2.05) is 0 Å². The monoisotopic (exact) mass is 398 g/mol. The molecule has 5 nitrogen and oxygen atoms in total. The first kappa shape index (κ1) is 19.1. The molecule has 29 heavy (non-hydrogen) atoms. The molecule has 150 valence electrons. The van der Waals surface area contributed by atoms with Crippen molar-refractivity contribution in [1.82, 2.24) is 4.57 Å². The topological polar surface area (TPSA) is 62.5 Å². The molecule has 1 aliphatic rings. The van der Waals surface area contributed by atoms with Crippen molar-refractivity contribution in [2.75, 3.05) is 18.0 Å². The third-order valence-corrected chi connectivity index (χ3v) is 5.34. The molecule has 2 aromatic carbocycles. The second-order valence-electron chi connectivity index (χ2n) is 7.20. The number of hydrogen-bond donors (Lipinski definition) is 1. The molecule has 0 amide bonds. The smallest absolute Gasteiger partial charge is 0.341 e. The van der Waals surface area contributed by atoms with Gasteiger partial charge in [0.25, 0.3) is 0 Å². The predicted octanol–water partition coefficient (Wildman–Crippen LogP) is 4.35. The van der Waals surface area contributed by atoms with Crippen molar-refractivity contribution in [2.45, 2.75) is 25.7 Å². The van der Waals surface area contributed by atoms with Crippen LogP contribution >= 0.6 is 0 Å². The Hall–Kier alpha value is -3.22. The fraction of sp³-hybridized carbons (Fsp3) is 0.273. The molecule has 0 unspecified atom stereocenters. The van der Waals surface area contributed by atoms with Crippen LogP contribution in [-0.2, 0) is 0 Å². The third-order valence-electron chi connectivity index (χ3n) is 5.34. The Kier molecular flexibility index (Phi) is 5.05. The normalized spacial score (nSPS) is 14.8. The van der Waals surface area contributed by atoms with Gasteiger partial charge in [0, 0.05) is 25.0 Å². The summed E-state index contributed by atoms with van der Waals surface area (Å²) in [5.74, 6) is -3.14. The van der Waals surface area contributed by atoms with Gasteiger partial charge in [-0.3, -0.25) is 4.79 Å². The van der Waals surface area contributed by atoms with Gasteiger partial charge in [-0.15, -0.1) is 0 Å². The lowest BCUT2D eigenvalue weighted by molar-refractivity contribution is 0.0695. The van der Waals surface area contributed by atoms with E-state index in [4.69, 9.17) is 0 Å². The van der Waals surface area contributed by atoms with Crippen LogP contribution in [0.15, 0.2) is 47.4 Å². The van der Waals surface area contributed by atoms with Gasteiger partial charge in [0.2, 0.25) is 5.43 Å². The van der Waals surface area contributed by atoms with E-state index in [1.165, 1.54) is 4.57 Å². The molecular weight excluding hydrogens is 378 g/mol.